The van der Waals surface area contributed by atoms with E-state index in [1.807, 2.05) is 11.8 Å². The van der Waals surface area contributed by atoms with E-state index in [4.69, 9.17) is 5.11 Å². The van der Waals surface area contributed by atoms with Gasteiger partial charge in [0.15, 0.2) is 0 Å². The van der Waals surface area contributed by atoms with E-state index >= 15 is 0 Å². The molecule has 0 saturated heterocycles. The Hall–Kier alpha value is -0.180. The van der Waals surface area contributed by atoms with Crippen molar-refractivity contribution in [1.82, 2.24) is 0 Å². The van der Waals surface area contributed by atoms with Crippen molar-refractivity contribution in [1.29, 1.82) is 0 Å². The summed E-state index contributed by atoms with van der Waals surface area (Å²) in [6, 6.07) is 0. The minimum absolute atomic E-state index is 0.340. The lowest BCUT2D eigenvalue weighted by Crippen LogP contribution is -1.93. The Balaban J connectivity index is 2.89. The first-order valence-electron chi connectivity index (χ1n) is 6.07. The molecule has 15 heavy (non-hydrogen) atoms. The van der Waals surface area contributed by atoms with Crippen LogP contribution in [0.2, 0.25) is 0 Å². The largest absolute Gasteiger partial charge is 0.481 e. The summed E-state index contributed by atoms with van der Waals surface area (Å²) >= 11 is 2.02. The lowest BCUT2D eigenvalue weighted by Gasteiger charge is -2.01. The highest BCUT2D eigenvalue weighted by molar-refractivity contribution is 7.99. The lowest BCUT2D eigenvalue weighted by molar-refractivity contribution is -0.137. The van der Waals surface area contributed by atoms with Gasteiger partial charge in [-0.3, -0.25) is 4.79 Å². The molecule has 3 heteroatoms. The minimum Gasteiger partial charge on any atom is -0.481 e. The maximum Gasteiger partial charge on any atom is 0.303 e. The van der Waals surface area contributed by atoms with Crippen LogP contribution < -0.4 is 0 Å². The van der Waals surface area contributed by atoms with Crippen LogP contribution in [0.15, 0.2) is 0 Å². The monoisotopic (exact) mass is 232 g/mol. The summed E-state index contributed by atoms with van der Waals surface area (Å²) < 4.78 is 0. The number of carboxylic acid groups (broad SMARTS) is 1. The fourth-order valence-electron chi connectivity index (χ4n) is 1.51. The van der Waals surface area contributed by atoms with Crippen LogP contribution in [0.1, 0.15) is 58.3 Å². The topological polar surface area (TPSA) is 37.3 Å². The average Bonchev–Trinajstić information content (AvgIpc) is 2.20. The second-order valence-corrected chi connectivity index (χ2v) is 5.21. The molecule has 0 fully saturated rings. The Labute approximate surface area is 97.8 Å². The molecule has 1 N–H and O–H groups in total. The molecule has 0 heterocycles. The molecular weight excluding hydrogens is 208 g/mol. The van der Waals surface area contributed by atoms with Crippen molar-refractivity contribution < 1.29 is 9.90 Å². The van der Waals surface area contributed by atoms with Gasteiger partial charge in [-0.05, 0) is 24.3 Å². The number of hydrogen-bond acceptors (Lipinski definition) is 2. The van der Waals surface area contributed by atoms with Gasteiger partial charge in [0.2, 0.25) is 0 Å². The highest BCUT2D eigenvalue weighted by atomic mass is 32.2. The van der Waals surface area contributed by atoms with Crippen molar-refractivity contribution >= 4 is 17.7 Å². The number of aliphatic carboxylic acids is 1. The van der Waals surface area contributed by atoms with Crippen LogP contribution in [0.5, 0.6) is 0 Å². The van der Waals surface area contributed by atoms with E-state index < -0.39 is 5.97 Å². The van der Waals surface area contributed by atoms with E-state index in [-0.39, 0.29) is 0 Å². The third-order valence-electron chi connectivity index (χ3n) is 2.38. The first-order chi connectivity index (χ1) is 7.27. The van der Waals surface area contributed by atoms with E-state index in [9.17, 15) is 4.79 Å². The predicted molar refractivity (Wildman–Crippen MR) is 67.6 cm³/mol. The fourth-order valence-corrected chi connectivity index (χ4v) is 2.21. The molecule has 0 atom stereocenters. The number of hydrogen-bond donors (Lipinski definition) is 1. The molecule has 0 aromatic heterocycles. The van der Waals surface area contributed by atoms with Gasteiger partial charge in [-0.1, -0.05) is 39.0 Å². The maximum absolute atomic E-state index is 10.2. The highest BCUT2D eigenvalue weighted by Gasteiger charge is 1.96. The molecular formula is C12H24O2S. The van der Waals surface area contributed by atoms with Gasteiger partial charge in [0.05, 0.1) is 0 Å². The second-order valence-electron chi connectivity index (χ2n) is 3.82. The SMILES string of the molecule is CCSCCCCCCCCCC(=O)O. The molecule has 0 aliphatic rings. The third kappa shape index (κ3) is 13.8. The summed E-state index contributed by atoms with van der Waals surface area (Å²) in [6.45, 7) is 2.20. The smallest absolute Gasteiger partial charge is 0.303 e. The van der Waals surface area contributed by atoms with E-state index in [2.05, 4.69) is 6.92 Å². The molecule has 0 aromatic carbocycles. The molecule has 0 amide bonds. The van der Waals surface area contributed by atoms with Crippen LogP contribution >= 0.6 is 11.8 Å². The van der Waals surface area contributed by atoms with Crippen LogP contribution in [0.25, 0.3) is 0 Å². The molecule has 0 saturated carbocycles. The zero-order chi connectivity index (χ0) is 11.4. The molecule has 0 aliphatic carbocycles. The lowest BCUT2D eigenvalue weighted by atomic mass is 10.1. The fraction of sp³-hybridized carbons (Fsp3) is 0.917. The number of unbranched alkanes of at least 4 members (excludes halogenated alkanes) is 6. The summed E-state index contributed by atoms with van der Waals surface area (Å²) in [5.41, 5.74) is 0. The van der Waals surface area contributed by atoms with E-state index in [0.29, 0.717) is 6.42 Å². The van der Waals surface area contributed by atoms with Crippen LogP contribution in [-0.2, 0) is 4.79 Å². The molecule has 0 aliphatic heterocycles. The average molecular weight is 232 g/mol. The summed E-state index contributed by atoms with van der Waals surface area (Å²) in [6.07, 6.45) is 8.74. The van der Waals surface area contributed by atoms with Crippen molar-refractivity contribution in [3.8, 4) is 0 Å². The van der Waals surface area contributed by atoms with Crippen molar-refractivity contribution in [2.45, 2.75) is 58.3 Å². The van der Waals surface area contributed by atoms with Gasteiger partial charge in [0.1, 0.15) is 0 Å². The summed E-state index contributed by atoms with van der Waals surface area (Å²) in [7, 11) is 0. The Kier molecular flexibility index (Phi) is 11.7. The Morgan fingerprint density at radius 1 is 1.00 bits per heavy atom. The van der Waals surface area contributed by atoms with Crippen molar-refractivity contribution in [3.63, 3.8) is 0 Å². The van der Waals surface area contributed by atoms with Gasteiger partial charge in [-0.25, -0.2) is 0 Å². The first-order valence-corrected chi connectivity index (χ1v) is 7.22. The molecule has 0 bridgehead atoms. The Morgan fingerprint density at radius 2 is 1.53 bits per heavy atom. The van der Waals surface area contributed by atoms with Crippen LogP contribution in [0.4, 0.5) is 0 Å². The normalized spacial score (nSPS) is 10.5. The molecule has 0 aromatic rings. The summed E-state index contributed by atoms with van der Waals surface area (Å²) in [5, 5.41) is 8.43. The van der Waals surface area contributed by atoms with Crippen LogP contribution in [-0.4, -0.2) is 22.6 Å². The van der Waals surface area contributed by atoms with Gasteiger partial charge in [-0.15, -0.1) is 0 Å². The molecule has 90 valence electrons. The predicted octanol–water partition coefficient (Wildman–Crippen LogP) is 3.94. The van der Waals surface area contributed by atoms with Crippen LogP contribution in [0.3, 0.4) is 0 Å². The zero-order valence-corrected chi connectivity index (χ0v) is 10.7. The number of thioether (sulfide) groups is 1. The Bertz CT molecular complexity index is 149. The minimum atomic E-state index is -0.661. The molecule has 0 radical (unpaired) electrons. The van der Waals surface area contributed by atoms with Crippen molar-refractivity contribution in [2.24, 2.45) is 0 Å². The van der Waals surface area contributed by atoms with Gasteiger partial charge in [0.25, 0.3) is 0 Å². The highest BCUT2D eigenvalue weighted by Crippen LogP contribution is 2.10. The number of carbonyl (C=O) groups is 1. The molecule has 0 unspecified atom stereocenters. The van der Waals surface area contributed by atoms with Gasteiger partial charge >= 0.3 is 5.97 Å². The van der Waals surface area contributed by atoms with E-state index in [1.54, 1.807) is 0 Å². The number of rotatable bonds is 11. The standard InChI is InChI=1S/C12H24O2S/c1-2-15-11-9-7-5-3-4-6-8-10-12(13)14/h2-11H2,1H3,(H,13,14). The Morgan fingerprint density at radius 3 is 2.07 bits per heavy atom. The second kappa shape index (κ2) is 11.9. The quantitative estimate of drug-likeness (QED) is 0.548. The number of carboxylic acids is 1. The first kappa shape index (κ1) is 14.8. The zero-order valence-electron chi connectivity index (χ0n) is 9.83. The molecule has 2 nitrogen and oxygen atoms in total. The van der Waals surface area contributed by atoms with Gasteiger partial charge < -0.3 is 5.11 Å². The maximum atomic E-state index is 10.2. The van der Waals surface area contributed by atoms with E-state index in [0.717, 1.165) is 12.8 Å². The summed E-state index contributed by atoms with van der Waals surface area (Å²) in [5.74, 6) is 1.87. The van der Waals surface area contributed by atoms with Gasteiger partial charge in [-0.2, -0.15) is 11.8 Å². The van der Waals surface area contributed by atoms with Crippen molar-refractivity contribution in [2.75, 3.05) is 11.5 Å². The van der Waals surface area contributed by atoms with Gasteiger partial charge in [0, 0.05) is 6.42 Å². The van der Waals surface area contributed by atoms with Crippen LogP contribution in [0, 0.1) is 0 Å². The summed E-state index contributed by atoms with van der Waals surface area (Å²) in [4.78, 5) is 10.2. The third-order valence-corrected chi connectivity index (χ3v) is 3.37. The molecule has 0 rings (SSSR count). The van der Waals surface area contributed by atoms with E-state index in [1.165, 1.54) is 43.6 Å². The van der Waals surface area contributed by atoms with Crippen molar-refractivity contribution in [3.05, 3.63) is 0 Å². The molecule has 0 spiro atoms.